The predicted molar refractivity (Wildman–Crippen MR) is 145 cm³/mol. The van der Waals surface area contributed by atoms with Gasteiger partial charge in [-0.1, -0.05) is 44.7 Å². The van der Waals surface area contributed by atoms with E-state index in [2.05, 4.69) is 31.0 Å². The minimum atomic E-state index is -3.99. The van der Waals surface area contributed by atoms with E-state index in [0.717, 1.165) is 0 Å². The topological polar surface area (TPSA) is 99.2 Å². The Bertz CT molecular complexity index is 1310. The number of aliphatic hydroxyl groups excluding tert-OH is 1. The molecule has 2 amide bonds. The molecule has 1 aliphatic rings. The number of halogens is 1. The molecule has 3 atom stereocenters. The third-order valence-corrected chi connectivity index (χ3v) is 8.35. The molecule has 0 aliphatic carbocycles. The van der Waals surface area contributed by atoms with Gasteiger partial charge in [0.15, 0.2) is 0 Å². The van der Waals surface area contributed by atoms with E-state index in [1.165, 1.54) is 33.5 Å². The average molecular weight is 546 g/mol. The number of ether oxygens (including phenoxy) is 1. The van der Waals surface area contributed by atoms with Gasteiger partial charge >= 0.3 is 6.03 Å². The van der Waals surface area contributed by atoms with Crippen LogP contribution in [0.5, 0.6) is 5.75 Å². The van der Waals surface area contributed by atoms with Crippen molar-refractivity contribution in [1.82, 2.24) is 9.21 Å². The van der Waals surface area contributed by atoms with Crippen LogP contribution < -0.4 is 10.1 Å². The third-order valence-electron chi connectivity index (χ3n) is 6.33. The number of nitrogens with one attached hydrogen (secondary N) is 1. The lowest BCUT2D eigenvalue weighted by molar-refractivity contribution is 0.0830. The summed E-state index contributed by atoms with van der Waals surface area (Å²) in [5, 5.41) is 12.4. The van der Waals surface area contributed by atoms with Crippen molar-refractivity contribution < 1.29 is 27.4 Å². The highest BCUT2D eigenvalue weighted by Gasteiger charge is 2.38. The summed E-state index contributed by atoms with van der Waals surface area (Å²) in [6.07, 6.45) is 0.0902. The van der Waals surface area contributed by atoms with Crippen molar-refractivity contribution in [3.63, 3.8) is 0 Å². The Morgan fingerprint density at radius 3 is 2.63 bits per heavy atom. The molecule has 10 heteroatoms. The molecule has 8 nitrogen and oxygen atoms in total. The van der Waals surface area contributed by atoms with E-state index >= 15 is 0 Å². The highest BCUT2D eigenvalue weighted by atomic mass is 32.2. The predicted octanol–water partition coefficient (Wildman–Crippen LogP) is 4.16. The summed E-state index contributed by atoms with van der Waals surface area (Å²) in [5.74, 6) is 5.79. The second-order valence-electron chi connectivity index (χ2n) is 10.1. The number of hydrogen-bond acceptors (Lipinski definition) is 5. The maximum Gasteiger partial charge on any atom is 0.321 e. The lowest BCUT2D eigenvalue weighted by Crippen LogP contribution is -2.50. The van der Waals surface area contributed by atoms with Crippen LogP contribution in [0.25, 0.3) is 0 Å². The molecule has 0 aromatic heterocycles. The third kappa shape index (κ3) is 7.04. The number of rotatable bonds is 6. The number of likely N-dealkylation sites (N-methyl/N-ethyl adjacent to an activating group) is 1. The highest BCUT2D eigenvalue weighted by molar-refractivity contribution is 7.89. The van der Waals surface area contributed by atoms with Crippen molar-refractivity contribution in [3.8, 4) is 17.6 Å². The second-order valence-corrected chi connectivity index (χ2v) is 12.0. The van der Waals surface area contributed by atoms with Crippen LogP contribution in [-0.2, 0) is 10.0 Å². The second kappa shape index (κ2) is 12.6. The zero-order chi connectivity index (χ0) is 28.0. The van der Waals surface area contributed by atoms with Crippen molar-refractivity contribution in [2.24, 2.45) is 11.8 Å². The standard InChI is InChI=1S/C28H36FN3O5S/c1-19(2)9-8-10-22-13-14-27-25(15-22)37-26(20(3)16-32(21(4)18-33)38(27,35)36)17-31(5)28(34)30-24-12-7-6-11-23(24)29/h6-7,11-15,19-21,26,33H,9,16-18H2,1-5H3,(H,30,34)/t20-,21+,26+/m1/s1. The zero-order valence-electron chi connectivity index (χ0n) is 22.4. The SMILES string of the molecule is CC(C)CC#Cc1ccc2c(c1)O[C@@H](CN(C)C(=O)Nc1ccccc1F)[C@H](C)CN([C@@H](C)CO)S2(=O)=O. The van der Waals surface area contributed by atoms with Crippen LogP contribution in [-0.4, -0.2) is 67.7 Å². The van der Waals surface area contributed by atoms with Gasteiger partial charge in [-0.3, -0.25) is 0 Å². The number of hydrogen-bond donors (Lipinski definition) is 2. The van der Waals surface area contributed by atoms with E-state index in [0.29, 0.717) is 17.9 Å². The molecule has 0 spiro atoms. The van der Waals surface area contributed by atoms with Gasteiger partial charge in [0.25, 0.3) is 0 Å². The van der Waals surface area contributed by atoms with E-state index in [1.807, 2.05) is 6.92 Å². The van der Waals surface area contributed by atoms with Crippen molar-refractivity contribution >= 4 is 21.7 Å². The molecule has 2 aromatic carbocycles. The van der Waals surface area contributed by atoms with E-state index < -0.39 is 34.0 Å². The smallest absolute Gasteiger partial charge is 0.321 e. The molecule has 206 valence electrons. The van der Waals surface area contributed by atoms with E-state index in [-0.39, 0.29) is 41.9 Å². The molecule has 0 radical (unpaired) electrons. The molecule has 0 fully saturated rings. The van der Waals surface area contributed by atoms with E-state index in [9.17, 15) is 22.7 Å². The van der Waals surface area contributed by atoms with E-state index in [1.54, 1.807) is 32.2 Å². The number of aliphatic hydroxyl groups is 1. The maximum atomic E-state index is 14.0. The summed E-state index contributed by atoms with van der Waals surface area (Å²) in [6.45, 7) is 7.42. The Morgan fingerprint density at radius 1 is 1.26 bits per heavy atom. The molecular weight excluding hydrogens is 509 g/mol. The van der Waals surface area contributed by atoms with Crippen LogP contribution in [0.1, 0.15) is 39.7 Å². The first-order chi connectivity index (χ1) is 17.9. The normalized spacial score (nSPS) is 19.7. The van der Waals surface area contributed by atoms with Crippen molar-refractivity contribution in [3.05, 3.63) is 53.8 Å². The molecule has 3 rings (SSSR count). The van der Waals surface area contributed by atoms with Crippen LogP contribution in [0, 0.1) is 29.5 Å². The Hall–Kier alpha value is -3.13. The molecule has 38 heavy (non-hydrogen) atoms. The molecule has 2 aromatic rings. The fraction of sp³-hybridized carbons (Fsp3) is 0.464. The van der Waals surface area contributed by atoms with Gasteiger partial charge < -0.3 is 20.1 Å². The molecule has 1 aliphatic heterocycles. The van der Waals surface area contributed by atoms with Gasteiger partial charge in [-0.2, -0.15) is 4.31 Å². The van der Waals surface area contributed by atoms with Crippen LogP contribution in [0.3, 0.4) is 0 Å². The molecule has 0 saturated carbocycles. The summed E-state index contributed by atoms with van der Waals surface area (Å²) in [5.41, 5.74) is 0.666. The summed E-state index contributed by atoms with van der Waals surface area (Å²) in [7, 11) is -2.43. The number of fused-ring (bicyclic) bond motifs is 1. The van der Waals surface area contributed by atoms with Gasteiger partial charge in [0, 0.05) is 37.5 Å². The van der Waals surface area contributed by atoms with Gasteiger partial charge in [0.1, 0.15) is 22.6 Å². The summed E-state index contributed by atoms with van der Waals surface area (Å²) in [4.78, 5) is 14.2. The Labute approximate surface area is 224 Å². The molecule has 2 N–H and O–H groups in total. The fourth-order valence-electron chi connectivity index (χ4n) is 4.00. The van der Waals surface area contributed by atoms with Crippen molar-refractivity contribution in [1.29, 1.82) is 0 Å². The minimum absolute atomic E-state index is 0.0254. The molecular formula is C28H36FN3O5S. The lowest BCUT2D eigenvalue weighted by Gasteiger charge is -2.37. The number of carbonyl (C=O) groups is 1. The van der Waals surface area contributed by atoms with Gasteiger partial charge in [0.05, 0.1) is 18.8 Å². The Balaban J connectivity index is 1.95. The first-order valence-corrected chi connectivity index (χ1v) is 14.1. The van der Waals surface area contributed by atoms with Crippen LogP contribution in [0.15, 0.2) is 47.4 Å². The Kier molecular flexibility index (Phi) is 9.77. The molecule has 0 unspecified atom stereocenters. The number of carbonyl (C=O) groups excluding carboxylic acids is 1. The largest absolute Gasteiger partial charge is 0.487 e. The van der Waals surface area contributed by atoms with Gasteiger partial charge in [0.2, 0.25) is 10.0 Å². The number of sulfonamides is 1. The maximum absolute atomic E-state index is 14.0. The number of benzene rings is 2. The quantitative estimate of drug-likeness (QED) is 0.532. The molecule has 0 saturated heterocycles. The van der Waals surface area contributed by atoms with Gasteiger partial charge in [-0.25, -0.2) is 17.6 Å². The first-order valence-electron chi connectivity index (χ1n) is 12.6. The zero-order valence-corrected chi connectivity index (χ0v) is 23.3. The number of anilines is 1. The molecule has 1 heterocycles. The van der Waals surface area contributed by atoms with Crippen molar-refractivity contribution in [2.45, 2.75) is 51.2 Å². The van der Waals surface area contributed by atoms with Crippen LogP contribution in [0.2, 0.25) is 0 Å². The number of nitrogens with zero attached hydrogens (tertiary/aromatic N) is 2. The van der Waals surface area contributed by atoms with E-state index in [4.69, 9.17) is 4.74 Å². The molecule has 0 bridgehead atoms. The summed E-state index contributed by atoms with van der Waals surface area (Å²) >= 11 is 0. The highest BCUT2D eigenvalue weighted by Crippen LogP contribution is 2.34. The van der Waals surface area contributed by atoms with Crippen molar-refractivity contribution in [2.75, 3.05) is 32.1 Å². The monoisotopic (exact) mass is 545 g/mol. The fourth-order valence-corrected chi connectivity index (χ4v) is 5.83. The summed E-state index contributed by atoms with van der Waals surface area (Å²) < 4.78 is 48.8. The number of urea groups is 1. The average Bonchev–Trinajstić information content (AvgIpc) is 2.86. The number of para-hydroxylation sites is 1. The van der Waals surface area contributed by atoms with Crippen LogP contribution in [0.4, 0.5) is 14.9 Å². The van der Waals surface area contributed by atoms with Gasteiger partial charge in [-0.15, -0.1) is 0 Å². The Morgan fingerprint density at radius 2 is 1.97 bits per heavy atom. The lowest BCUT2D eigenvalue weighted by atomic mass is 10.0. The number of amides is 2. The first kappa shape index (κ1) is 29.4. The van der Waals surface area contributed by atoms with Gasteiger partial charge in [-0.05, 0) is 43.2 Å². The minimum Gasteiger partial charge on any atom is -0.487 e. The van der Waals surface area contributed by atoms with Crippen LogP contribution >= 0.6 is 0 Å². The summed E-state index contributed by atoms with van der Waals surface area (Å²) in [6, 6.07) is 9.40.